The van der Waals surface area contributed by atoms with Crippen LogP contribution in [0.2, 0.25) is 0 Å². The molecule has 1 amide bonds. The van der Waals surface area contributed by atoms with Crippen LogP contribution in [0.4, 0.5) is 0 Å². The summed E-state index contributed by atoms with van der Waals surface area (Å²) in [6, 6.07) is 0. The van der Waals surface area contributed by atoms with Crippen molar-refractivity contribution in [2.24, 2.45) is 11.1 Å². The summed E-state index contributed by atoms with van der Waals surface area (Å²) in [7, 11) is 0. The fourth-order valence-corrected chi connectivity index (χ4v) is 1.83. The highest BCUT2D eigenvalue weighted by Gasteiger charge is 2.32. The quantitative estimate of drug-likeness (QED) is 0.700. The maximum absolute atomic E-state index is 12.1. The van der Waals surface area contributed by atoms with Gasteiger partial charge in [-0.15, -0.1) is 6.58 Å². The lowest BCUT2D eigenvalue weighted by atomic mass is 9.91. The topological polar surface area (TPSA) is 49.6 Å². The van der Waals surface area contributed by atoms with Crippen LogP contribution >= 0.6 is 0 Å². The Morgan fingerprint density at radius 1 is 1.38 bits per heavy atom. The molecular weight excluding hydrogens is 202 g/mol. The van der Waals surface area contributed by atoms with E-state index in [1.54, 1.807) is 0 Å². The molecule has 0 saturated carbocycles. The van der Waals surface area contributed by atoms with Crippen LogP contribution in [0.25, 0.3) is 0 Å². The van der Waals surface area contributed by atoms with Crippen molar-refractivity contribution in [3.63, 3.8) is 0 Å². The van der Waals surface area contributed by atoms with E-state index in [0.717, 1.165) is 32.7 Å². The second-order valence-corrected chi connectivity index (χ2v) is 4.97. The SMILES string of the molecule is C=CCN1CCN(C(=O)C(C)(C)CN)CC1. The van der Waals surface area contributed by atoms with Gasteiger partial charge in [-0.1, -0.05) is 6.08 Å². The Balaban J connectivity index is 2.47. The van der Waals surface area contributed by atoms with Crippen LogP contribution in [-0.2, 0) is 4.79 Å². The Labute approximate surface area is 98.1 Å². The first-order valence-corrected chi connectivity index (χ1v) is 5.84. The molecule has 16 heavy (non-hydrogen) atoms. The summed E-state index contributed by atoms with van der Waals surface area (Å²) in [4.78, 5) is 16.3. The number of hydrogen-bond donors (Lipinski definition) is 1. The standard InChI is InChI=1S/C12H23N3O/c1-4-5-14-6-8-15(9-7-14)11(16)12(2,3)10-13/h4H,1,5-10,13H2,2-3H3. The summed E-state index contributed by atoms with van der Waals surface area (Å²) in [5.41, 5.74) is 5.19. The number of nitrogens with zero attached hydrogens (tertiary/aromatic N) is 2. The van der Waals surface area contributed by atoms with Gasteiger partial charge >= 0.3 is 0 Å². The average molecular weight is 225 g/mol. The van der Waals surface area contributed by atoms with Gasteiger partial charge < -0.3 is 10.6 Å². The van der Waals surface area contributed by atoms with Gasteiger partial charge in [-0.2, -0.15) is 0 Å². The minimum atomic E-state index is -0.430. The molecule has 0 unspecified atom stereocenters. The molecule has 1 saturated heterocycles. The van der Waals surface area contributed by atoms with Gasteiger partial charge in [0.25, 0.3) is 0 Å². The van der Waals surface area contributed by atoms with Crippen molar-refractivity contribution in [3.8, 4) is 0 Å². The highest BCUT2D eigenvalue weighted by atomic mass is 16.2. The molecule has 1 aliphatic heterocycles. The number of piperazine rings is 1. The van der Waals surface area contributed by atoms with Crippen LogP contribution in [-0.4, -0.2) is 55.0 Å². The van der Waals surface area contributed by atoms with Gasteiger partial charge in [0.2, 0.25) is 5.91 Å². The smallest absolute Gasteiger partial charge is 0.229 e. The number of rotatable bonds is 4. The highest BCUT2D eigenvalue weighted by molar-refractivity contribution is 5.82. The Bertz CT molecular complexity index is 255. The Hall–Kier alpha value is -0.870. The fraction of sp³-hybridized carbons (Fsp3) is 0.750. The summed E-state index contributed by atoms with van der Waals surface area (Å²) < 4.78 is 0. The van der Waals surface area contributed by atoms with Crippen LogP contribution in [0.15, 0.2) is 12.7 Å². The molecule has 0 aromatic carbocycles. The molecule has 0 bridgehead atoms. The van der Waals surface area contributed by atoms with E-state index in [-0.39, 0.29) is 5.91 Å². The lowest BCUT2D eigenvalue weighted by molar-refractivity contribution is -0.141. The molecule has 0 aliphatic carbocycles. The van der Waals surface area contributed by atoms with Crippen molar-refractivity contribution in [2.45, 2.75) is 13.8 Å². The summed E-state index contributed by atoms with van der Waals surface area (Å²) in [6.07, 6.45) is 1.90. The minimum Gasteiger partial charge on any atom is -0.340 e. The van der Waals surface area contributed by atoms with Crippen molar-refractivity contribution in [2.75, 3.05) is 39.3 Å². The van der Waals surface area contributed by atoms with Gasteiger partial charge in [-0.3, -0.25) is 9.69 Å². The minimum absolute atomic E-state index is 0.174. The van der Waals surface area contributed by atoms with Gasteiger partial charge in [0.1, 0.15) is 0 Å². The number of hydrogen-bond acceptors (Lipinski definition) is 3. The molecule has 0 radical (unpaired) electrons. The Morgan fingerprint density at radius 2 is 1.94 bits per heavy atom. The van der Waals surface area contributed by atoms with E-state index in [1.807, 2.05) is 24.8 Å². The molecule has 1 heterocycles. The Kier molecular flexibility index (Phi) is 4.50. The first kappa shape index (κ1) is 13.2. The molecule has 4 nitrogen and oxygen atoms in total. The molecule has 0 aromatic heterocycles. The zero-order valence-electron chi connectivity index (χ0n) is 10.4. The third-order valence-corrected chi connectivity index (χ3v) is 3.14. The monoisotopic (exact) mass is 225 g/mol. The van der Waals surface area contributed by atoms with Gasteiger partial charge in [0, 0.05) is 39.3 Å². The van der Waals surface area contributed by atoms with Crippen LogP contribution in [0, 0.1) is 5.41 Å². The molecular formula is C12H23N3O. The van der Waals surface area contributed by atoms with Gasteiger partial charge in [0.05, 0.1) is 5.41 Å². The summed E-state index contributed by atoms with van der Waals surface area (Å²) in [5.74, 6) is 0.174. The van der Waals surface area contributed by atoms with Crippen LogP contribution in [0.1, 0.15) is 13.8 Å². The zero-order chi connectivity index (χ0) is 12.2. The van der Waals surface area contributed by atoms with E-state index >= 15 is 0 Å². The van der Waals surface area contributed by atoms with E-state index in [4.69, 9.17) is 5.73 Å². The van der Waals surface area contributed by atoms with Crippen molar-refractivity contribution in [1.29, 1.82) is 0 Å². The molecule has 0 atom stereocenters. The number of amides is 1. The molecule has 0 spiro atoms. The van der Waals surface area contributed by atoms with Crippen LogP contribution in [0.5, 0.6) is 0 Å². The van der Waals surface area contributed by atoms with Crippen molar-refractivity contribution >= 4 is 5.91 Å². The van der Waals surface area contributed by atoms with E-state index in [0.29, 0.717) is 6.54 Å². The van der Waals surface area contributed by atoms with Crippen molar-refractivity contribution < 1.29 is 4.79 Å². The normalized spacial score (nSPS) is 18.6. The van der Waals surface area contributed by atoms with Gasteiger partial charge in [0.15, 0.2) is 0 Å². The number of carbonyl (C=O) groups is 1. The third-order valence-electron chi connectivity index (χ3n) is 3.14. The summed E-state index contributed by atoms with van der Waals surface area (Å²) >= 11 is 0. The molecule has 1 rings (SSSR count). The number of nitrogens with two attached hydrogens (primary N) is 1. The molecule has 1 fully saturated rings. The summed E-state index contributed by atoms with van der Waals surface area (Å²) in [5, 5.41) is 0. The van der Waals surface area contributed by atoms with E-state index in [9.17, 15) is 4.79 Å². The second-order valence-electron chi connectivity index (χ2n) is 4.97. The maximum atomic E-state index is 12.1. The fourth-order valence-electron chi connectivity index (χ4n) is 1.83. The molecule has 92 valence electrons. The second kappa shape index (κ2) is 5.46. The predicted molar refractivity (Wildman–Crippen MR) is 66.1 cm³/mol. The van der Waals surface area contributed by atoms with Crippen molar-refractivity contribution in [3.05, 3.63) is 12.7 Å². The van der Waals surface area contributed by atoms with E-state index in [1.165, 1.54) is 0 Å². The van der Waals surface area contributed by atoms with Crippen molar-refractivity contribution in [1.82, 2.24) is 9.80 Å². The molecule has 4 heteroatoms. The lowest BCUT2D eigenvalue weighted by Gasteiger charge is -2.37. The maximum Gasteiger partial charge on any atom is 0.229 e. The molecule has 1 aliphatic rings. The Morgan fingerprint density at radius 3 is 2.38 bits per heavy atom. The third kappa shape index (κ3) is 3.06. The summed E-state index contributed by atoms with van der Waals surface area (Å²) in [6.45, 7) is 12.3. The lowest BCUT2D eigenvalue weighted by Crippen LogP contribution is -2.53. The largest absolute Gasteiger partial charge is 0.340 e. The predicted octanol–water partition coefficient (Wildman–Crippen LogP) is 0.302. The first-order valence-electron chi connectivity index (χ1n) is 5.84. The first-order chi connectivity index (χ1) is 7.51. The zero-order valence-corrected chi connectivity index (χ0v) is 10.4. The number of carbonyl (C=O) groups excluding carboxylic acids is 1. The van der Waals surface area contributed by atoms with Crippen LogP contribution < -0.4 is 5.73 Å². The molecule has 0 aromatic rings. The van der Waals surface area contributed by atoms with E-state index < -0.39 is 5.41 Å². The van der Waals surface area contributed by atoms with E-state index in [2.05, 4.69) is 11.5 Å². The van der Waals surface area contributed by atoms with Crippen LogP contribution in [0.3, 0.4) is 0 Å². The van der Waals surface area contributed by atoms with Gasteiger partial charge in [-0.25, -0.2) is 0 Å². The molecule has 2 N–H and O–H groups in total. The highest BCUT2D eigenvalue weighted by Crippen LogP contribution is 2.18. The average Bonchev–Trinajstić information content (AvgIpc) is 2.29. The van der Waals surface area contributed by atoms with Gasteiger partial charge in [-0.05, 0) is 13.8 Å².